The van der Waals surface area contributed by atoms with Crippen molar-refractivity contribution in [2.75, 3.05) is 12.8 Å². The number of aromatic nitrogens is 4. The molecule has 0 bridgehead atoms. The molecule has 0 radical (unpaired) electrons. The Bertz CT molecular complexity index is 551. The van der Waals surface area contributed by atoms with E-state index in [0.29, 0.717) is 0 Å². The summed E-state index contributed by atoms with van der Waals surface area (Å²) in [5.74, 6) is -1.13. The largest absolute Gasteiger partial charge is 0.464 e. The SMILES string of the molecule is COC(=O)c1nn(-c2ncc(F)cn2)cc1N. The van der Waals surface area contributed by atoms with Crippen molar-refractivity contribution in [3.05, 3.63) is 30.1 Å². The molecule has 0 saturated carbocycles. The fraction of sp³-hybridized carbons (Fsp3) is 0.111. The Morgan fingerprint density at radius 2 is 2.12 bits per heavy atom. The minimum Gasteiger partial charge on any atom is -0.464 e. The average Bonchev–Trinajstić information content (AvgIpc) is 2.71. The monoisotopic (exact) mass is 237 g/mol. The Morgan fingerprint density at radius 3 is 2.71 bits per heavy atom. The Kier molecular flexibility index (Phi) is 2.69. The van der Waals surface area contributed by atoms with Gasteiger partial charge in [0.15, 0.2) is 11.5 Å². The van der Waals surface area contributed by atoms with Crippen LogP contribution in [0.5, 0.6) is 0 Å². The summed E-state index contributed by atoms with van der Waals surface area (Å²) in [4.78, 5) is 18.6. The van der Waals surface area contributed by atoms with Gasteiger partial charge in [0.1, 0.15) is 0 Å². The van der Waals surface area contributed by atoms with Crippen molar-refractivity contribution in [2.24, 2.45) is 0 Å². The Hall–Kier alpha value is -2.51. The van der Waals surface area contributed by atoms with Crippen LogP contribution in [0.2, 0.25) is 0 Å². The molecule has 0 aromatic carbocycles. The maximum absolute atomic E-state index is 12.6. The highest BCUT2D eigenvalue weighted by molar-refractivity contribution is 5.92. The van der Waals surface area contributed by atoms with Gasteiger partial charge in [0.05, 0.1) is 31.4 Å². The molecule has 0 aliphatic rings. The molecule has 0 aliphatic heterocycles. The first-order valence-corrected chi connectivity index (χ1v) is 4.53. The molecule has 2 aromatic heterocycles. The lowest BCUT2D eigenvalue weighted by Gasteiger charge is -1.97. The summed E-state index contributed by atoms with van der Waals surface area (Å²) in [6.07, 6.45) is 3.32. The highest BCUT2D eigenvalue weighted by Gasteiger charge is 2.16. The summed E-state index contributed by atoms with van der Waals surface area (Å²) in [7, 11) is 1.22. The number of rotatable bonds is 2. The third kappa shape index (κ3) is 2.05. The van der Waals surface area contributed by atoms with Gasteiger partial charge in [-0.3, -0.25) is 0 Å². The van der Waals surface area contributed by atoms with E-state index in [9.17, 15) is 9.18 Å². The molecule has 88 valence electrons. The molecule has 0 aliphatic carbocycles. The smallest absolute Gasteiger partial charge is 0.360 e. The Labute approximate surface area is 95.0 Å². The van der Waals surface area contributed by atoms with Crippen LogP contribution in [0.4, 0.5) is 10.1 Å². The summed E-state index contributed by atoms with van der Waals surface area (Å²) < 4.78 is 18.3. The summed E-state index contributed by atoms with van der Waals surface area (Å²) in [5.41, 5.74) is 5.66. The standard InChI is InChI=1S/C9H8FN5O2/c1-17-8(16)7-6(11)4-15(14-7)9-12-2-5(10)3-13-9/h2-4H,11H2,1H3. The molecular weight excluding hydrogens is 229 g/mol. The summed E-state index contributed by atoms with van der Waals surface area (Å²) in [5, 5.41) is 3.85. The van der Waals surface area contributed by atoms with Crippen molar-refractivity contribution in [3.63, 3.8) is 0 Å². The van der Waals surface area contributed by atoms with E-state index < -0.39 is 11.8 Å². The zero-order valence-corrected chi connectivity index (χ0v) is 8.79. The second-order valence-electron chi connectivity index (χ2n) is 3.07. The van der Waals surface area contributed by atoms with Crippen LogP contribution in [0.25, 0.3) is 5.95 Å². The number of nitrogens with zero attached hydrogens (tertiary/aromatic N) is 4. The van der Waals surface area contributed by atoms with Crippen LogP contribution in [0, 0.1) is 5.82 Å². The number of halogens is 1. The zero-order valence-electron chi connectivity index (χ0n) is 8.79. The Morgan fingerprint density at radius 1 is 1.47 bits per heavy atom. The zero-order chi connectivity index (χ0) is 12.4. The van der Waals surface area contributed by atoms with E-state index in [4.69, 9.17) is 5.73 Å². The molecule has 0 fully saturated rings. The van der Waals surface area contributed by atoms with Crippen LogP contribution >= 0.6 is 0 Å². The lowest BCUT2D eigenvalue weighted by atomic mass is 10.4. The second kappa shape index (κ2) is 4.16. The summed E-state index contributed by atoms with van der Waals surface area (Å²) >= 11 is 0. The van der Waals surface area contributed by atoms with Crippen molar-refractivity contribution in [2.45, 2.75) is 0 Å². The van der Waals surface area contributed by atoms with Crippen molar-refractivity contribution in [1.29, 1.82) is 0 Å². The molecule has 8 heteroatoms. The fourth-order valence-corrected chi connectivity index (χ4v) is 1.17. The van der Waals surface area contributed by atoms with E-state index in [2.05, 4.69) is 19.8 Å². The van der Waals surface area contributed by atoms with E-state index in [1.54, 1.807) is 0 Å². The summed E-state index contributed by atoms with van der Waals surface area (Å²) in [6.45, 7) is 0. The van der Waals surface area contributed by atoms with Crippen LogP contribution in [-0.2, 0) is 4.74 Å². The first-order chi connectivity index (χ1) is 8.11. The van der Waals surface area contributed by atoms with Crippen LogP contribution in [0.15, 0.2) is 18.6 Å². The minimum atomic E-state index is -0.664. The van der Waals surface area contributed by atoms with E-state index in [0.717, 1.165) is 12.4 Å². The average molecular weight is 237 g/mol. The van der Waals surface area contributed by atoms with Crippen LogP contribution in [-0.4, -0.2) is 32.8 Å². The van der Waals surface area contributed by atoms with E-state index in [1.807, 2.05) is 0 Å². The molecular formula is C9H8FN5O2. The number of hydrogen-bond acceptors (Lipinski definition) is 6. The van der Waals surface area contributed by atoms with Gasteiger partial charge in [-0.15, -0.1) is 0 Å². The molecule has 0 spiro atoms. The number of carbonyl (C=O) groups excluding carboxylic acids is 1. The molecule has 7 nitrogen and oxygen atoms in total. The number of carbonyl (C=O) groups is 1. The van der Waals surface area contributed by atoms with Gasteiger partial charge >= 0.3 is 5.97 Å². The number of ether oxygens (including phenoxy) is 1. The maximum atomic E-state index is 12.6. The van der Waals surface area contributed by atoms with Gasteiger partial charge in [-0.25, -0.2) is 23.8 Å². The number of nitrogens with two attached hydrogens (primary N) is 1. The van der Waals surface area contributed by atoms with Gasteiger partial charge in [-0.2, -0.15) is 5.10 Å². The highest BCUT2D eigenvalue weighted by atomic mass is 19.1. The molecule has 2 aromatic rings. The first kappa shape index (κ1) is 11.0. The number of hydrogen-bond donors (Lipinski definition) is 1. The van der Waals surface area contributed by atoms with Gasteiger partial charge < -0.3 is 10.5 Å². The van der Waals surface area contributed by atoms with Crippen molar-refractivity contribution in [3.8, 4) is 5.95 Å². The first-order valence-electron chi connectivity index (χ1n) is 4.53. The number of nitrogen functional groups attached to an aromatic ring is 1. The van der Waals surface area contributed by atoms with Crippen LogP contribution < -0.4 is 5.73 Å². The van der Waals surface area contributed by atoms with Gasteiger partial charge in [-0.05, 0) is 0 Å². The van der Waals surface area contributed by atoms with Crippen molar-refractivity contribution in [1.82, 2.24) is 19.7 Å². The molecule has 0 saturated heterocycles. The number of methoxy groups -OCH3 is 1. The fourth-order valence-electron chi connectivity index (χ4n) is 1.17. The lowest BCUT2D eigenvalue weighted by Crippen LogP contribution is -2.07. The van der Waals surface area contributed by atoms with Crippen molar-refractivity contribution < 1.29 is 13.9 Å². The molecule has 0 amide bonds. The molecule has 2 N–H and O–H groups in total. The van der Waals surface area contributed by atoms with Crippen LogP contribution in [0.3, 0.4) is 0 Å². The lowest BCUT2D eigenvalue weighted by molar-refractivity contribution is 0.0594. The summed E-state index contributed by atoms with van der Waals surface area (Å²) in [6, 6.07) is 0. The number of anilines is 1. The molecule has 0 unspecified atom stereocenters. The third-order valence-electron chi connectivity index (χ3n) is 1.93. The Balaban J connectivity index is 2.41. The maximum Gasteiger partial charge on any atom is 0.360 e. The van der Waals surface area contributed by atoms with E-state index in [-0.39, 0.29) is 17.3 Å². The molecule has 2 heterocycles. The van der Waals surface area contributed by atoms with E-state index >= 15 is 0 Å². The minimum absolute atomic E-state index is 0.0413. The quantitative estimate of drug-likeness (QED) is 0.748. The van der Waals surface area contributed by atoms with Gasteiger partial charge in [-0.1, -0.05) is 0 Å². The van der Waals surface area contributed by atoms with Crippen LogP contribution in [0.1, 0.15) is 10.5 Å². The van der Waals surface area contributed by atoms with Crippen molar-refractivity contribution >= 4 is 11.7 Å². The van der Waals surface area contributed by atoms with E-state index in [1.165, 1.54) is 18.0 Å². The topological polar surface area (TPSA) is 95.9 Å². The highest BCUT2D eigenvalue weighted by Crippen LogP contribution is 2.12. The molecule has 2 rings (SSSR count). The molecule has 17 heavy (non-hydrogen) atoms. The third-order valence-corrected chi connectivity index (χ3v) is 1.93. The normalized spacial score (nSPS) is 10.2. The van der Waals surface area contributed by atoms with Gasteiger partial charge in [0.25, 0.3) is 5.95 Å². The number of esters is 1. The van der Waals surface area contributed by atoms with Gasteiger partial charge in [0, 0.05) is 0 Å². The second-order valence-corrected chi connectivity index (χ2v) is 3.07. The molecule has 0 atom stereocenters. The predicted octanol–water partition coefficient (Wildman–Crippen LogP) is 0.170. The van der Waals surface area contributed by atoms with Gasteiger partial charge in [0.2, 0.25) is 0 Å². The predicted molar refractivity (Wildman–Crippen MR) is 54.9 cm³/mol.